The lowest BCUT2D eigenvalue weighted by Gasteiger charge is -2.35. The smallest absolute Gasteiger partial charge is 0.323 e. The number of anilines is 1. The summed E-state index contributed by atoms with van der Waals surface area (Å²) in [6.07, 6.45) is 0. The summed E-state index contributed by atoms with van der Waals surface area (Å²) in [6.45, 7) is -0.0150. The number of nitrogens with zero attached hydrogens (tertiary/aromatic N) is 5. The van der Waals surface area contributed by atoms with Gasteiger partial charge in [-0.2, -0.15) is 10.3 Å². The standard InChI is InChI=1S/C19H12F4N6O/c1-28-18-25-8-15(10-5-12(21)16(23)13(22)6-10)29(18)17(27-19(28)30)26-14-4-9(7-24)2-3-11(14)20/h2-6,15H,8H2,1H3,(H,26,27,30). The maximum Gasteiger partial charge on any atom is 0.353 e. The Morgan fingerprint density at radius 2 is 1.83 bits per heavy atom. The summed E-state index contributed by atoms with van der Waals surface area (Å²) in [5.41, 5.74) is 0.0774. The van der Waals surface area contributed by atoms with Gasteiger partial charge in [0.25, 0.3) is 0 Å². The Kier molecular flexibility index (Phi) is 4.62. The van der Waals surface area contributed by atoms with Gasteiger partial charge in [-0.05, 0) is 35.9 Å². The van der Waals surface area contributed by atoms with Gasteiger partial charge in [-0.15, -0.1) is 0 Å². The van der Waals surface area contributed by atoms with Crippen LogP contribution in [-0.4, -0.2) is 41.3 Å². The van der Waals surface area contributed by atoms with Crippen LogP contribution in [0.5, 0.6) is 0 Å². The quantitative estimate of drug-likeness (QED) is 0.601. The number of carbonyl (C=O) groups excluding carboxylic acids is 1. The molecule has 11 heteroatoms. The van der Waals surface area contributed by atoms with Gasteiger partial charge < -0.3 is 5.32 Å². The average molecular weight is 416 g/mol. The second kappa shape index (κ2) is 7.14. The maximum absolute atomic E-state index is 14.2. The van der Waals surface area contributed by atoms with Crippen LogP contribution in [0, 0.1) is 34.6 Å². The minimum Gasteiger partial charge on any atom is -0.323 e. The van der Waals surface area contributed by atoms with Crippen molar-refractivity contribution in [2.24, 2.45) is 9.98 Å². The number of urea groups is 1. The van der Waals surface area contributed by atoms with E-state index in [0.717, 1.165) is 23.1 Å². The second-order valence-corrected chi connectivity index (χ2v) is 6.53. The van der Waals surface area contributed by atoms with Crippen LogP contribution in [0.1, 0.15) is 17.2 Å². The number of nitriles is 1. The van der Waals surface area contributed by atoms with Gasteiger partial charge >= 0.3 is 6.03 Å². The Morgan fingerprint density at radius 1 is 1.13 bits per heavy atom. The van der Waals surface area contributed by atoms with Gasteiger partial charge in [0.15, 0.2) is 17.5 Å². The first-order valence-electron chi connectivity index (χ1n) is 8.61. The predicted octanol–water partition coefficient (Wildman–Crippen LogP) is 3.36. The van der Waals surface area contributed by atoms with E-state index in [0.29, 0.717) is 0 Å². The third-order valence-electron chi connectivity index (χ3n) is 4.68. The number of hydrogen-bond donors (Lipinski definition) is 1. The van der Waals surface area contributed by atoms with Crippen LogP contribution in [0.2, 0.25) is 0 Å². The summed E-state index contributed by atoms with van der Waals surface area (Å²) in [4.78, 5) is 22.8. The fraction of sp³-hybridized carbons (Fsp3) is 0.158. The van der Waals surface area contributed by atoms with Gasteiger partial charge in [0, 0.05) is 7.05 Å². The number of carbonyl (C=O) groups is 1. The monoisotopic (exact) mass is 416 g/mol. The van der Waals surface area contributed by atoms with Crippen molar-refractivity contribution in [3.63, 3.8) is 0 Å². The van der Waals surface area contributed by atoms with Crippen LogP contribution in [0.25, 0.3) is 0 Å². The zero-order valence-electron chi connectivity index (χ0n) is 15.3. The number of hydrogen-bond acceptors (Lipinski definition) is 5. The van der Waals surface area contributed by atoms with Gasteiger partial charge in [-0.1, -0.05) is 0 Å². The molecule has 2 aliphatic rings. The van der Waals surface area contributed by atoms with Crippen molar-refractivity contribution in [3.8, 4) is 6.07 Å². The Bertz CT molecular complexity index is 1150. The minimum absolute atomic E-state index is 0.0150. The third kappa shape index (κ3) is 3.12. The highest BCUT2D eigenvalue weighted by Gasteiger charge is 2.41. The van der Waals surface area contributed by atoms with Crippen molar-refractivity contribution in [1.82, 2.24) is 9.80 Å². The molecule has 0 bridgehead atoms. The molecule has 0 aromatic heterocycles. The first-order valence-corrected chi connectivity index (χ1v) is 8.61. The molecule has 7 nitrogen and oxygen atoms in total. The molecule has 4 rings (SSSR count). The molecule has 1 unspecified atom stereocenters. The number of nitrogens with one attached hydrogen (secondary N) is 1. The zero-order valence-corrected chi connectivity index (χ0v) is 15.3. The van der Waals surface area contributed by atoms with Crippen LogP contribution >= 0.6 is 0 Å². The number of fused-ring (bicyclic) bond motifs is 1. The molecule has 2 heterocycles. The largest absolute Gasteiger partial charge is 0.353 e. The molecule has 0 spiro atoms. The minimum atomic E-state index is -1.61. The van der Waals surface area contributed by atoms with Crippen molar-refractivity contribution in [2.45, 2.75) is 6.04 Å². The van der Waals surface area contributed by atoms with E-state index in [1.807, 2.05) is 6.07 Å². The summed E-state index contributed by atoms with van der Waals surface area (Å²) in [6, 6.07) is 5.54. The Labute approximate surface area is 167 Å². The molecule has 152 valence electrons. The second-order valence-electron chi connectivity index (χ2n) is 6.53. The molecule has 1 N–H and O–H groups in total. The SMILES string of the molecule is CN1C(=O)N=C(Nc2cc(C#N)ccc2F)N2C1=NCC2c1cc(F)c(F)c(F)c1. The summed E-state index contributed by atoms with van der Waals surface area (Å²) in [7, 11) is 1.40. The number of aliphatic imine (C=N–C) groups is 2. The molecule has 2 aromatic carbocycles. The number of guanidine groups is 2. The van der Waals surface area contributed by atoms with E-state index in [1.54, 1.807) is 0 Å². The highest BCUT2D eigenvalue weighted by molar-refractivity contribution is 6.17. The molecule has 1 atom stereocenters. The normalized spacial score (nSPS) is 18.0. The van der Waals surface area contributed by atoms with Crippen molar-refractivity contribution in [2.75, 3.05) is 18.9 Å². The number of halogens is 4. The molecule has 0 aliphatic carbocycles. The number of benzene rings is 2. The van der Waals surface area contributed by atoms with Gasteiger partial charge in [-0.25, -0.2) is 27.3 Å². The van der Waals surface area contributed by atoms with Crippen LogP contribution in [0.3, 0.4) is 0 Å². The van der Waals surface area contributed by atoms with Crippen LogP contribution in [-0.2, 0) is 0 Å². The van der Waals surface area contributed by atoms with Gasteiger partial charge in [-0.3, -0.25) is 9.80 Å². The van der Waals surface area contributed by atoms with E-state index in [-0.39, 0.29) is 35.3 Å². The zero-order chi connectivity index (χ0) is 21.6. The fourth-order valence-electron chi connectivity index (χ4n) is 3.20. The van der Waals surface area contributed by atoms with E-state index < -0.39 is 35.3 Å². The lowest BCUT2D eigenvalue weighted by Crippen LogP contribution is -2.53. The summed E-state index contributed by atoms with van der Waals surface area (Å²) in [5.74, 6) is -5.11. The van der Waals surface area contributed by atoms with E-state index in [9.17, 15) is 22.4 Å². The predicted molar refractivity (Wildman–Crippen MR) is 98.5 cm³/mol. The van der Waals surface area contributed by atoms with Gasteiger partial charge in [0.1, 0.15) is 5.82 Å². The van der Waals surface area contributed by atoms with E-state index >= 15 is 0 Å². The fourth-order valence-corrected chi connectivity index (χ4v) is 3.20. The molecule has 0 fully saturated rings. The highest BCUT2D eigenvalue weighted by atomic mass is 19.2. The van der Waals surface area contributed by atoms with Gasteiger partial charge in [0.05, 0.1) is 29.9 Å². The molecule has 2 aromatic rings. The highest BCUT2D eigenvalue weighted by Crippen LogP contribution is 2.32. The topological polar surface area (TPSA) is 84.1 Å². The summed E-state index contributed by atoms with van der Waals surface area (Å²) >= 11 is 0. The maximum atomic E-state index is 14.2. The van der Waals surface area contributed by atoms with E-state index in [2.05, 4.69) is 15.3 Å². The molecule has 0 saturated carbocycles. The third-order valence-corrected chi connectivity index (χ3v) is 4.68. The Morgan fingerprint density at radius 3 is 2.50 bits per heavy atom. The van der Waals surface area contributed by atoms with Crippen molar-refractivity contribution in [1.29, 1.82) is 5.26 Å². The van der Waals surface area contributed by atoms with Crippen molar-refractivity contribution >= 4 is 23.6 Å². The summed E-state index contributed by atoms with van der Waals surface area (Å²) < 4.78 is 55.2. The lowest BCUT2D eigenvalue weighted by molar-refractivity contribution is 0.230. The number of rotatable bonds is 2. The molecular formula is C19H12F4N6O. The van der Waals surface area contributed by atoms with Crippen LogP contribution in [0.15, 0.2) is 40.3 Å². The molecule has 2 aliphatic heterocycles. The average Bonchev–Trinajstić information content (AvgIpc) is 3.17. The first-order chi connectivity index (χ1) is 14.3. The number of amides is 2. The molecule has 30 heavy (non-hydrogen) atoms. The van der Waals surface area contributed by atoms with Crippen molar-refractivity contribution in [3.05, 3.63) is 64.7 Å². The molecular weight excluding hydrogens is 404 g/mol. The molecule has 0 radical (unpaired) electrons. The van der Waals surface area contributed by atoms with Gasteiger partial charge in [0.2, 0.25) is 11.9 Å². The molecule has 0 saturated heterocycles. The van der Waals surface area contributed by atoms with Crippen molar-refractivity contribution < 1.29 is 22.4 Å². The lowest BCUT2D eigenvalue weighted by atomic mass is 10.1. The summed E-state index contributed by atoms with van der Waals surface area (Å²) in [5, 5.41) is 11.7. The Hall–Kier alpha value is -3.94. The molecule has 2 amide bonds. The van der Waals surface area contributed by atoms with Crippen LogP contribution < -0.4 is 5.32 Å². The first kappa shape index (κ1) is 19.4. The Balaban J connectivity index is 1.77. The van der Waals surface area contributed by atoms with Crippen LogP contribution in [0.4, 0.5) is 28.0 Å². The van der Waals surface area contributed by atoms with E-state index in [1.165, 1.54) is 24.1 Å². The van der Waals surface area contributed by atoms with E-state index in [4.69, 9.17) is 5.26 Å².